The number of hydrogen-bond donors (Lipinski definition) is 0. The topological polar surface area (TPSA) is 0 Å². The van der Waals surface area contributed by atoms with Gasteiger partial charge >= 0.3 is 240 Å². The van der Waals surface area contributed by atoms with Gasteiger partial charge in [0.05, 0.1) is 0 Å². The molecule has 0 saturated carbocycles. The zero-order valence-corrected chi connectivity index (χ0v) is 24.6. The van der Waals surface area contributed by atoms with E-state index in [4.69, 9.17) is 0 Å². The fourth-order valence-corrected chi connectivity index (χ4v) is 13.4. The third kappa shape index (κ3) is 7.48. The molecule has 5 aromatic rings. The van der Waals surface area contributed by atoms with E-state index >= 15 is 0 Å². The minimum absolute atomic E-state index is 0.410. The van der Waals surface area contributed by atoms with Crippen molar-refractivity contribution >= 4 is 43.1 Å². The Morgan fingerprint density at radius 3 is 1.34 bits per heavy atom. The van der Waals surface area contributed by atoms with Crippen LogP contribution in [0.1, 0.15) is 12.0 Å². The molecule has 0 spiro atoms. The second kappa shape index (κ2) is 14.5. The first-order valence-electron chi connectivity index (χ1n) is 12.9. The molecule has 0 aromatic heterocycles. The van der Waals surface area contributed by atoms with Crippen molar-refractivity contribution in [3.63, 3.8) is 0 Å². The molecule has 5 aromatic carbocycles. The average Bonchev–Trinajstić information content (AvgIpc) is 3.00. The van der Waals surface area contributed by atoms with Gasteiger partial charge in [-0.2, -0.15) is 0 Å². The molecule has 3 heteroatoms. The summed E-state index contributed by atoms with van der Waals surface area (Å²) in [5.74, 6) is 0. The summed E-state index contributed by atoms with van der Waals surface area (Å²) in [7, 11) is -0.892. The van der Waals surface area contributed by atoms with Crippen molar-refractivity contribution in [3.8, 4) is 0 Å². The van der Waals surface area contributed by atoms with Gasteiger partial charge in [-0.15, -0.1) is 0 Å². The molecule has 0 amide bonds. The Labute approximate surface area is 238 Å². The summed E-state index contributed by atoms with van der Waals surface area (Å²) in [5.41, 5.74) is 1.28. The van der Waals surface area contributed by atoms with Gasteiger partial charge in [-0.3, -0.25) is 0 Å². The molecule has 0 aliphatic heterocycles. The van der Waals surface area contributed by atoms with Crippen LogP contribution in [-0.2, 0) is 18.0 Å². The fourth-order valence-electron chi connectivity index (χ4n) is 4.44. The van der Waals surface area contributed by atoms with E-state index in [1.54, 1.807) is 0 Å². The third-order valence-corrected chi connectivity index (χ3v) is 14.7. The maximum atomic E-state index is 2.46. The van der Waals surface area contributed by atoms with Gasteiger partial charge in [-0.05, 0) is 0 Å². The van der Waals surface area contributed by atoms with Gasteiger partial charge < -0.3 is 0 Å². The SMILES string of the molecule is [CH](=Cc1ccccc1)[Pd][CH](CCP(c1ccccc1)c1ccccc1)P(c1ccccc1)c1ccccc1. The molecular formula is C35H32P2Pd. The molecule has 0 heterocycles. The maximum absolute atomic E-state index is 2.46. The molecule has 0 radical (unpaired) electrons. The van der Waals surface area contributed by atoms with Crippen LogP contribution >= 0.6 is 15.8 Å². The van der Waals surface area contributed by atoms with Crippen LogP contribution in [0.2, 0.25) is 0 Å². The van der Waals surface area contributed by atoms with Crippen molar-refractivity contribution in [2.24, 2.45) is 0 Å². The van der Waals surface area contributed by atoms with E-state index in [1.807, 2.05) is 0 Å². The predicted octanol–water partition coefficient (Wildman–Crippen LogP) is 7.72. The Morgan fingerprint density at radius 2 is 0.895 bits per heavy atom. The van der Waals surface area contributed by atoms with E-state index in [0.717, 1.165) is 0 Å². The first kappa shape index (κ1) is 26.9. The molecule has 0 bridgehead atoms. The van der Waals surface area contributed by atoms with E-state index in [0.29, 0.717) is 22.1 Å². The quantitative estimate of drug-likeness (QED) is 0.105. The fraction of sp³-hybridized carbons (Fsp3) is 0.0857. The van der Waals surface area contributed by atoms with E-state index in [1.165, 1.54) is 39.4 Å². The van der Waals surface area contributed by atoms with Crippen LogP contribution in [0.25, 0.3) is 6.08 Å². The van der Waals surface area contributed by atoms with Gasteiger partial charge in [0.15, 0.2) is 0 Å². The molecular weight excluding hydrogens is 589 g/mol. The number of rotatable bonds is 11. The molecule has 0 aliphatic carbocycles. The standard InChI is InChI=1S/C27H25P2.C8H7.Pd/c1-5-14-24(15-6-1)28(25-16-7-2-8-17-25)22-13-23-29(26-18-9-3-10-19-26)27-20-11-4-12-21-27;1-2-8-6-4-3-5-7-8;/h1-12,14-22H,13,23H2;1-7H;. The monoisotopic (exact) mass is 620 g/mol. The number of benzene rings is 5. The van der Waals surface area contributed by atoms with Gasteiger partial charge in [0.2, 0.25) is 0 Å². The van der Waals surface area contributed by atoms with Crippen molar-refractivity contribution in [1.82, 2.24) is 0 Å². The number of hydrogen-bond acceptors (Lipinski definition) is 0. The Hall–Kier alpha value is -2.64. The Balaban J connectivity index is 1.48. The second-order valence-electron chi connectivity index (χ2n) is 8.83. The second-order valence-corrected chi connectivity index (χ2v) is 16.3. The molecule has 0 N–H and O–H groups in total. The van der Waals surface area contributed by atoms with Crippen LogP contribution < -0.4 is 21.2 Å². The van der Waals surface area contributed by atoms with Crippen LogP contribution in [0.5, 0.6) is 0 Å². The van der Waals surface area contributed by atoms with Crippen LogP contribution in [0, 0.1) is 0 Å². The summed E-state index contributed by atoms with van der Waals surface area (Å²) in [6.45, 7) is 0. The van der Waals surface area contributed by atoms with Gasteiger partial charge in [-0.1, -0.05) is 0 Å². The summed E-state index contributed by atoms with van der Waals surface area (Å²) in [5, 5.41) is 5.91. The van der Waals surface area contributed by atoms with E-state index in [9.17, 15) is 0 Å². The Bertz CT molecular complexity index is 1300. The van der Waals surface area contributed by atoms with Crippen LogP contribution in [0.3, 0.4) is 0 Å². The third-order valence-electron chi connectivity index (χ3n) is 6.27. The zero-order chi connectivity index (χ0) is 25.8. The van der Waals surface area contributed by atoms with Gasteiger partial charge in [0.1, 0.15) is 0 Å². The Kier molecular flexibility index (Phi) is 10.3. The summed E-state index contributed by atoms with van der Waals surface area (Å²) < 4.78 is 3.06. The van der Waals surface area contributed by atoms with Crippen molar-refractivity contribution < 1.29 is 18.0 Å². The van der Waals surface area contributed by atoms with Gasteiger partial charge in [0, 0.05) is 0 Å². The van der Waals surface area contributed by atoms with Crippen LogP contribution in [0.15, 0.2) is 156 Å². The first-order valence-corrected chi connectivity index (χ1v) is 17.7. The summed E-state index contributed by atoms with van der Waals surface area (Å²) in [4.78, 5) is 0. The van der Waals surface area contributed by atoms with Crippen molar-refractivity contribution in [2.75, 3.05) is 6.16 Å². The molecule has 0 saturated heterocycles. The van der Waals surface area contributed by atoms with E-state index in [-0.39, 0.29) is 0 Å². The molecule has 0 fully saturated rings. The van der Waals surface area contributed by atoms with E-state index in [2.05, 4.69) is 162 Å². The molecule has 192 valence electrons. The molecule has 0 nitrogen and oxygen atoms in total. The van der Waals surface area contributed by atoms with Gasteiger partial charge in [0.25, 0.3) is 0 Å². The summed E-state index contributed by atoms with van der Waals surface area (Å²) in [6.07, 6.45) is 4.73. The molecule has 5 rings (SSSR count). The first-order chi connectivity index (χ1) is 18.9. The van der Waals surface area contributed by atoms with Crippen LogP contribution in [0.4, 0.5) is 0 Å². The molecule has 1 atom stereocenters. The van der Waals surface area contributed by atoms with Gasteiger partial charge in [-0.25, -0.2) is 0 Å². The Morgan fingerprint density at radius 1 is 0.500 bits per heavy atom. The summed E-state index contributed by atoms with van der Waals surface area (Å²) >= 11 is 0.503. The van der Waals surface area contributed by atoms with Crippen molar-refractivity contribution in [3.05, 3.63) is 162 Å². The average molecular weight is 621 g/mol. The zero-order valence-electron chi connectivity index (χ0n) is 21.3. The predicted molar refractivity (Wildman–Crippen MR) is 167 cm³/mol. The normalized spacial score (nSPS) is 12.4. The molecule has 0 aliphatic rings. The molecule has 1 unspecified atom stereocenters. The van der Waals surface area contributed by atoms with Crippen molar-refractivity contribution in [1.29, 1.82) is 0 Å². The van der Waals surface area contributed by atoms with E-state index < -0.39 is 15.8 Å². The van der Waals surface area contributed by atoms with Crippen molar-refractivity contribution in [2.45, 2.75) is 10.6 Å². The summed E-state index contributed by atoms with van der Waals surface area (Å²) in [6, 6.07) is 55.5. The molecule has 38 heavy (non-hydrogen) atoms. The minimum atomic E-state index is -0.482. The van der Waals surface area contributed by atoms with Crippen LogP contribution in [-0.4, -0.2) is 10.3 Å².